The van der Waals surface area contributed by atoms with Gasteiger partial charge in [0.25, 0.3) is 5.91 Å². The smallest absolute Gasteiger partial charge is 0.321 e. The van der Waals surface area contributed by atoms with E-state index in [1.54, 1.807) is 12.1 Å². The normalized spacial score (nSPS) is 11.7. The number of carbonyl (C=O) groups is 2. The second-order valence-corrected chi connectivity index (χ2v) is 8.52. The van der Waals surface area contributed by atoms with E-state index in [1.807, 2.05) is 67.7 Å². The van der Waals surface area contributed by atoms with Crippen LogP contribution < -0.4 is 20.1 Å². The lowest BCUT2D eigenvalue weighted by Gasteiger charge is -2.16. The van der Waals surface area contributed by atoms with E-state index in [2.05, 4.69) is 15.6 Å². The molecule has 0 bridgehead atoms. The van der Waals surface area contributed by atoms with E-state index >= 15 is 0 Å². The number of hydrogen-bond donors (Lipinski definition) is 4. The van der Waals surface area contributed by atoms with Crippen molar-refractivity contribution < 1.29 is 24.2 Å². The number of amides is 1. The number of aliphatic carboxylic acids is 1. The van der Waals surface area contributed by atoms with Crippen molar-refractivity contribution in [2.24, 2.45) is 0 Å². The summed E-state index contributed by atoms with van der Waals surface area (Å²) in [6, 6.07) is 19.8. The molecule has 4 N–H and O–H groups in total. The van der Waals surface area contributed by atoms with Gasteiger partial charge >= 0.3 is 5.97 Å². The van der Waals surface area contributed by atoms with Gasteiger partial charge in [-0.1, -0.05) is 42.0 Å². The number of aromatic nitrogens is 1. The number of aromatic amines is 1. The molecule has 186 valence electrons. The Labute approximate surface area is 209 Å². The van der Waals surface area contributed by atoms with Crippen molar-refractivity contribution in [2.75, 3.05) is 19.0 Å². The van der Waals surface area contributed by atoms with Crippen LogP contribution in [0.2, 0.25) is 0 Å². The van der Waals surface area contributed by atoms with E-state index in [4.69, 9.17) is 9.47 Å². The van der Waals surface area contributed by atoms with Crippen LogP contribution in [-0.2, 0) is 22.6 Å². The minimum atomic E-state index is -0.924. The summed E-state index contributed by atoms with van der Waals surface area (Å²) in [6.45, 7) is 2.13. The minimum absolute atomic E-state index is 0.173. The molecule has 1 heterocycles. The third-order valence-electron chi connectivity index (χ3n) is 5.87. The van der Waals surface area contributed by atoms with Crippen molar-refractivity contribution in [2.45, 2.75) is 25.9 Å². The molecular formula is C28H29N3O5. The van der Waals surface area contributed by atoms with E-state index in [-0.39, 0.29) is 12.5 Å². The third-order valence-corrected chi connectivity index (χ3v) is 5.87. The van der Waals surface area contributed by atoms with Crippen LogP contribution in [0.25, 0.3) is 10.9 Å². The number of rotatable bonds is 11. The summed E-state index contributed by atoms with van der Waals surface area (Å²) < 4.78 is 11.1. The highest BCUT2D eigenvalue weighted by Crippen LogP contribution is 2.28. The molecule has 3 aromatic carbocycles. The molecule has 8 heteroatoms. The first-order valence-electron chi connectivity index (χ1n) is 11.6. The summed E-state index contributed by atoms with van der Waals surface area (Å²) in [6.07, 6.45) is 2.19. The molecule has 36 heavy (non-hydrogen) atoms. The van der Waals surface area contributed by atoms with Crippen LogP contribution in [0.1, 0.15) is 16.7 Å². The quantitative estimate of drug-likeness (QED) is 0.251. The van der Waals surface area contributed by atoms with Crippen LogP contribution in [0, 0.1) is 6.92 Å². The van der Waals surface area contributed by atoms with Gasteiger partial charge in [-0.2, -0.15) is 0 Å². The molecule has 1 aromatic heterocycles. The first-order chi connectivity index (χ1) is 17.4. The Morgan fingerprint density at radius 1 is 1.03 bits per heavy atom. The summed E-state index contributed by atoms with van der Waals surface area (Å²) in [7, 11) is 1.52. The summed E-state index contributed by atoms with van der Waals surface area (Å²) in [5, 5.41) is 16.7. The Bertz CT molecular complexity index is 1350. The summed E-state index contributed by atoms with van der Waals surface area (Å²) in [5.41, 5.74) is 4.55. The molecule has 0 fully saturated rings. The highest BCUT2D eigenvalue weighted by Gasteiger charge is 2.19. The maximum absolute atomic E-state index is 12.2. The van der Waals surface area contributed by atoms with Gasteiger partial charge in [0.15, 0.2) is 18.1 Å². The molecule has 1 unspecified atom stereocenters. The fraction of sp³-hybridized carbons (Fsp3) is 0.214. The van der Waals surface area contributed by atoms with Crippen molar-refractivity contribution in [3.63, 3.8) is 0 Å². The zero-order valence-electron chi connectivity index (χ0n) is 20.2. The predicted molar refractivity (Wildman–Crippen MR) is 139 cm³/mol. The van der Waals surface area contributed by atoms with Crippen molar-refractivity contribution in [3.8, 4) is 11.5 Å². The second kappa shape index (κ2) is 11.4. The number of methoxy groups -OCH3 is 1. The first-order valence-corrected chi connectivity index (χ1v) is 11.6. The Kier molecular flexibility index (Phi) is 7.87. The lowest BCUT2D eigenvalue weighted by Crippen LogP contribution is -2.38. The molecule has 0 saturated carbocycles. The number of carboxylic acids is 1. The van der Waals surface area contributed by atoms with Gasteiger partial charge in [0.1, 0.15) is 6.04 Å². The Morgan fingerprint density at radius 3 is 2.56 bits per heavy atom. The van der Waals surface area contributed by atoms with Crippen molar-refractivity contribution >= 4 is 28.5 Å². The number of benzene rings is 3. The van der Waals surface area contributed by atoms with Gasteiger partial charge in [0.2, 0.25) is 0 Å². The van der Waals surface area contributed by atoms with Gasteiger partial charge in [0, 0.05) is 35.8 Å². The monoisotopic (exact) mass is 487 g/mol. The largest absolute Gasteiger partial charge is 0.493 e. The van der Waals surface area contributed by atoms with Gasteiger partial charge in [-0.25, -0.2) is 0 Å². The standard InChI is InChI=1S/C28H29N3O5/c1-18-7-10-21(11-8-18)31-27(32)17-36-25-12-9-19(13-26(25)35-2)15-29-24(28(33)34)14-20-16-30-23-6-4-3-5-22(20)23/h3-13,16,24,29-30H,14-15,17H2,1-2H3,(H,31,32)(H,33,34). The predicted octanol–water partition coefficient (Wildman–Crippen LogP) is 4.29. The highest BCUT2D eigenvalue weighted by molar-refractivity contribution is 5.91. The van der Waals surface area contributed by atoms with Crippen molar-refractivity contribution in [3.05, 3.63) is 89.6 Å². The SMILES string of the molecule is COc1cc(CNC(Cc2c[nH]c3ccccc23)C(=O)O)ccc1OCC(=O)Nc1ccc(C)cc1. The molecule has 0 radical (unpaired) electrons. The second-order valence-electron chi connectivity index (χ2n) is 8.52. The third kappa shape index (κ3) is 6.22. The fourth-order valence-corrected chi connectivity index (χ4v) is 3.93. The number of carboxylic acid groups (broad SMARTS) is 1. The number of nitrogens with one attached hydrogen (secondary N) is 3. The molecule has 0 aliphatic heterocycles. The number of ether oxygens (including phenoxy) is 2. The van der Waals surface area contributed by atoms with Gasteiger partial charge in [-0.3, -0.25) is 9.59 Å². The summed E-state index contributed by atoms with van der Waals surface area (Å²) >= 11 is 0. The fourth-order valence-electron chi connectivity index (χ4n) is 3.93. The maximum atomic E-state index is 12.2. The molecule has 0 aliphatic carbocycles. The molecule has 0 saturated heterocycles. The van der Waals surface area contributed by atoms with Crippen LogP contribution in [0.5, 0.6) is 11.5 Å². The van der Waals surface area contributed by atoms with E-state index in [0.717, 1.165) is 27.6 Å². The number of fused-ring (bicyclic) bond motifs is 1. The summed E-state index contributed by atoms with van der Waals surface area (Å²) in [5.74, 6) is -0.324. The van der Waals surface area contributed by atoms with Crippen LogP contribution >= 0.6 is 0 Å². The Hall–Kier alpha value is -4.30. The molecule has 4 rings (SSSR count). The molecule has 0 aliphatic rings. The maximum Gasteiger partial charge on any atom is 0.321 e. The number of aryl methyl sites for hydroxylation is 1. The zero-order valence-corrected chi connectivity index (χ0v) is 20.2. The van der Waals surface area contributed by atoms with Crippen LogP contribution in [-0.4, -0.2) is 41.7 Å². The summed E-state index contributed by atoms with van der Waals surface area (Å²) in [4.78, 5) is 27.3. The van der Waals surface area contributed by atoms with Crippen molar-refractivity contribution in [1.82, 2.24) is 10.3 Å². The van der Waals surface area contributed by atoms with E-state index in [1.165, 1.54) is 7.11 Å². The van der Waals surface area contributed by atoms with Crippen LogP contribution in [0.3, 0.4) is 0 Å². The zero-order chi connectivity index (χ0) is 25.5. The van der Waals surface area contributed by atoms with E-state index in [9.17, 15) is 14.7 Å². The number of anilines is 1. The van der Waals surface area contributed by atoms with Gasteiger partial charge in [0.05, 0.1) is 7.11 Å². The topological polar surface area (TPSA) is 113 Å². The van der Waals surface area contributed by atoms with Gasteiger partial charge in [-0.05, 0) is 48.4 Å². The minimum Gasteiger partial charge on any atom is -0.493 e. The highest BCUT2D eigenvalue weighted by atomic mass is 16.5. The number of H-pyrrole nitrogens is 1. The molecular weight excluding hydrogens is 458 g/mol. The molecule has 4 aromatic rings. The van der Waals surface area contributed by atoms with Gasteiger partial charge < -0.3 is 30.2 Å². The lowest BCUT2D eigenvalue weighted by atomic mass is 10.0. The lowest BCUT2D eigenvalue weighted by molar-refractivity contribution is -0.139. The molecule has 8 nitrogen and oxygen atoms in total. The number of hydrogen-bond acceptors (Lipinski definition) is 5. The average Bonchev–Trinajstić information content (AvgIpc) is 3.29. The van der Waals surface area contributed by atoms with E-state index in [0.29, 0.717) is 30.2 Å². The van der Waals surface area contributed by atoms with E-state index < -0.39 is 12.0 Å². The van der Waals surface area contributed by atoms with Crippen LogP contribution in [0.15, 0.2) is 72.9 Å². The number of carbonyl (C=O) groups excluding carboxylic acids is 1. The molecule has 1 amide bonds. The average molecular weight is 488 g/mol. The molecule has 0 spiro atoms. The van der Waals surface area contributed by atoms with Gasteiger partial charge in [-0.15, -0.1) is 0 Å². The van der Waals surface area contributed by atoms with Crippen molar-refractivity contribution in [1.29, 1.82) is 0 Å². The van der Waals surface area contributed by atoms with Crippen LogP contribution in [0.4, 0.5) is 5.69 Å². The Balaban J connectivity index is 1.35. The Morgan fingerprint density at radius 2 is 1.81 bits per heavy atom. The number of para-hydroxylation sites is 1. The molecule has 1 atom stereocenters. The first kappa shape index (κ1) is 24.8.